The second kappa shape index (κ2) is 6.86. The Morgan fingerprint density at radius 2 is 2.06 bits per heavy atom. The molecule has 4 heteroatoms. The van der Waals surface area contributed by atoms with Crippen LogP contribution in [0.4, 0.5) is 0 Å². The van der Waals surface area contributed by atoms with Gasteiger partial charge in [-0.3, -0.25) is 4.79 Å². The number of carbonyl (C=O) groups is 1. The highest BCUT2D eigenvalue weighted by Crippen LogP contribution is 2.13. The Balaban J connectivity index is 4.16. The number of ether oxygens (including phenoxy) is 1. The Hall–Kier alpha value is -0.610. The van der Waals surface area contributed by atoms with E-state index in [1.807, 2.05) is 27.7 Å². The third-order valence-corrected chi connectivity index (χ3v) is 3.03. The predicted molar refractivity (Wildman–Crippen MR) is 64.2 cm³/mol. The van der Waals surface area contributed by atoms with E-state index in [9.17, 15) is 9.90 Å². The minimum absolute atomic E-state index is 0.0977. The minimum atomic E-state index is -0.269. The average Bonchev–Trinajstić information content (AvgIpc) is 2.27. The molecule has 0 aliphatic carbocycles. The highest BCUT2D eigenvalue weighted by atomic mass is 16.5. The van der Waals surface area contributed by atoms with Crippen molar-refractivity contribution in [3.63, 3.8) is 0 Å². The molecule has 0 fully saturated rings. The summed E-state index contributed by atoms with van der Waals surface area (Å²) in [6, 6.07) is 0.172. The Kier molecular flexibility index (Phi) is 6.60. The maximum Gasteiger partial charge on any atom is 0.308 e. The first-order valence-corrected chi connectivity index (χ1v) is 5.85. The molecule has 0 aromatic heterocycles. The van der Waals surface area contributed by atoms with E-state index >= 15 is 0 Å². The van der Waals surface area contributed by atoms with Crippen LogP contribution < -0.4 is 5.32 Å². The molecule has 3 atom stereocenters. The number of rotatable bonds is 7. The molecule has 0 radical (unpaired) electrons. The number of esters is 1. The Morgan fingerprint density at radius 3 is 2.44 bits per heavy atom. The summed E-state index contributed by atoms with van der Waals surface area (Å²) in [7, 11) is 1.40. The van der Waals surface area contributed by atoms with Gasteiger partial charge in [-0.15, -0.1) is 0 Å². The molecule has 2 N–H and O–H groups in total. The number of carbonyl (C=O) groups excluding carboxylic acids is 1. The van der Waals surface area contributed by atoms with Gasteiger partial charge in [-0.1, -0.05) is 13.8 Å². The third kappa shape index (κ3) is 4.94. The summed E-state index contributed by atoms with van der Waals surface area (Å²) in [5.74, 6) is -0.303. The number of hydrogen-bond acceptors (Lipinski definition) is 4. The molecule has 0 saturated carbocycles. The summed E-state index contributed by atoms with van der Waals surface area (Å²) in [6.07, 6.45) is 1.56. The lowest BCUT2D eigenvalue weighted by atomic mass is 9.96. The number of aliphatic hydroxyl groups is 1. The second-order valence-corrected chi connectivity index (χ2v) is 4.78. The molecule has 0 aromatic carbocycles. The number of aliphatic hydroxyl groups excluding tert-OH is 1. The summed E-state index contributed by atoms with van der Waals surface area (Å²) in [6.45, 7) is 7.97. The molecule has 0 heterocycles. The lowest BCUT2D eigenvalue weighted by Gasteiger charge is -2.32. The maximum absolute atomic E-state index is 11.3. The SMILES string of the molecule is CCC(C)(CO)NC(C)CC(C)C(=O)OC. The van der Waals surface area contributed by atoms with Crippen LogP contribution in [-0.2, 0) is 9.53 Å². The molecular formula is C12H25NO3. The summed E-state index contributed by atoms with van der Waals surface area (Å²) < 4.78 is 4.68. The molecule has 16 heavy (non-hydrogen) atoms. The van der Waals surface area contributed by atoms with Crippen LogP contribution in [0, 0.1) is 5.92 Å². The van der Waals surface area contributed by atoms with E-state index in [1.165, 1.54) is 7.11 Å². The van der Waals surface area contributed by atoms with E-state index in [4.69, 9.17) is 0 Å². The van der Waals surface area contributed by atoms with Crippen LogP contribution >= 0.6 is 0 Å². The van der Waals surface area contributed by atoms with Gasteiger partial charge in [0.1, 0.15) is 0 Å². The van der Waals surface area contributed by atoms with Crippen molar-refractivity contribution < 1.29 is 14.6 Å². The van der Waals surface area contributed by atoms with Crippen LogP contribution in [0.5, 0.6) is 0 Å². The standard InChI is InChI=1S/C12H25NO3/c1-6-12(4,8-14)13-10(3)7-9(2)11(15)16-5/h9-10,13-14H,6-8H2,1-5H3. The molecule has 0 bridgehead atoms. The van der Waals surface area contributed by atoms with Crippen molar-refractivity contribution in [3.05, 3.63) is 0 Å². The quantitative estimate of drug-likeness (QED) is 0.649. The lowest BCUT2D eigenvalue weighted by molar-refractivity contribution is -0.145. The predicted octanol–water partition coefficient (Wildman–Crippen LogP) is 1.32. The summed E-state index contributed by atoms with van der Waals surface area (Å²) >= 11 is 0. The fourth-order valence-corrected chi connectivity index (χ4v) is 1.74. The Bertz CT molecular complexity index is 214. The van der Waals surface area contributed by atoms with Gasteiger partial charge in [0.2, 0.25) is 0 Å². The lowest BCUT2D eigenvalue weighted by Crippen LogP contribution is -2.50. The van der Waals surface area contributed by atoms with Gasteiger partial charge >= 0.3 is 5.97 Å². The van der Waals surface area contributed by atoms with Gasteiger partial charge in [0, 0.05) is 11.6 Å². The van der Waals surface area contributed by atoms with Gasteiger partial charge in [0.15, 0.2) is 0 Å². The van der Waals surface area contributed by atoms with Crippen molar-refractivity contribution in [2.75, 3.05) is 13.7 Å². The largest absolute Gasteiger partial charge is 0.469 e. The van der Waals surface area contributed by atoms with Gasteiger partial charge in [0.05, 0.1) is 19.6 Å². The number of hydrogen-bond donors (Lipinski definition) is 2. The van der Waals surface area contributed by atoms with E-state index in [-0.39, 0.29) is 30.1 Å². The van der Waals surface area contributed by atoms with Crippen molar-refractivity contribution in [2.45, 2.75) is 52.1 Å². The van der Waals surface area contributed by atoms with E-state index in [2.05, 4.69) is 10.1 Å². The summed E-state index contributed by atoms with van der Waals surface area (Å²) in [4.78, 5) is 11.3. The Morgan fingerprint density at radius 1 is 1.50 bits per heavy atom. The van der Waals surface area contributed by atoms with Crippen LogP contribution in [0.2, 0.25) is 0 Å². The molecule has 0 aromatic rings. The van der Waals surface area contributed by atoms with Gasteiger partial charge in [-0.05, 0) is 26.7 Å². The smallest absolute Gasteiger partial charge is 0.308 e. The van der Waals surface area contributed by atoms with Crippen LogP contribution in [0.25, 0.3) is 0 Å². The first-order chi connectivity index (χ1) is 7.38. The van der Waals surface area contributed by atoms with Crippen molar-refractivity contribution in [3.8, 4) is 0 Å². The zero-order valence-corrected chi connectivity index (χ0v) is 11.0. The fraction of sp³-hybridized carbons (Fsp3) is 0.917. The van der Waals surface area contributed by atoms with Gasteiger partial charge < -0.3 is 15.2 Å². The summed E-state index contributed by atoms with van der Waals surface area (Å²) in [5, 5.41) is 12.6. The third-order valence-electron chi connectivity index (χ3n) is 3.03. The van der Waals surface area contributed by atoms with Crippen molar-refractivity contribution >= 4 is 5.97 Å². The molecule has 0 spiro atoms. The van der Waals surface area contributed by atoms with E-state index < -0.39 is 0 Å². The molecule has 4 nitrogen and oxygen atoms in total. The van der Waals surface area contributed by atoms with Crippen LogP contribution in [0.15, 0.2) is 0 Å². The fourth-order valence-electron chi connectivity index (χ4n) is 1.74. The highest BCUT2D eigenvalue weighted by molar-refractivity contribution is 5.71. The molecule has 0 amide bonds. The van der Waals surface area contributed by atoms with Crippen LogP contribution in [-0.4, -0.2) is 36.4 Å². The van der Waals surface area contributed by atoms with Crippen molar-refractivity contribution in [1.82, 2.24) is 5.32 Å². The van der Waals surface area contributed by atoms with E-state index in [0.29, 0.717) is 6.42 Å². The zero-order chi connectivity index (χ0) is 12.8. The Labute approximate surface area is 98.4 Å². The normalized spacial score (nSPS) is 18.6. The monoisotopic (exact) mass is 231 g/mol. The molecule has 0 rings (SSSR count). The average molecular weight is 231 g/mol. The highest BCUT2D eigenvalue weighted by Gasteiger charge is 2.25. The van der Waals surface area contributed by atoms with Crippen molar-refractivity contribution in [1.29, 1.82) is 0 Å². The maximum atomic E-state index is 11.3. The van der Waals surface area contributed by atoms with E-state index in [0.717, 1.165) is 6.42 Å². The van der Waals surface area contributed by atoms with Gasteiger partial charge in [0.25, 0.3) is 0 Å². The number of nitrogens with one attached hydrogen (secondary N) is 1. The van der Waals surface area contributed by atoms with Gasteiger partial charge in [-0.2, -0.15) is 0 Å². The molecule has 0 aliphatic rings. The minimum Gasteiger partial charge on any atom is -0.469 e. The molecule has 3 unspecified atom stereocenters. The molecular weight excluding hydrogens is 206 g/mol. The second-order valence-electron chi connectivity index (χ2n) is 4.78. The molecule has 0 saturated heterocycles. The first kappa shape index (κ1) is 15.4. The zero-order valence-electron chi connectivity index (χ0n) is 11.0. The molecule has 0 aliphatic heterocycles. The molecule has 96 valence electrons. The summed E-state index contributed by atoms with van der Waals surface area (Å²) in [5.41, 5.74) is -0.269. The van der Waals surface area contributed by atoms with E-state index in [1.54, 1.807) is 0 Å². The van der Waals surface area contributed by atoms with Crippen LogP contribution in [0.3, 0.4) is 0 Å². The van der Waals surface area contributed by atoms with Gasteiger partial charge in [-0.25, -0.2) is 0 Å². The van der Waals surface area contributed by atoms with Crippen LogP contribution in [0.1, 0.15) is 40.5 Å². The topological polar surface area (TPSA) is 58.6 Å². The number of methoxy groups -OCH3 is 1. The van der Waals surface area contributed by atoms with Crippen molar-refractivity contribution in [2.24, 2.45) is 5.92 Å². The first-order valence-electron chi connectivity index (χ1n) is 5.85.